The maximum atomic E-state index is 12.8. The standard InChI is InChI=1S/C24H38N2O3/c27-22-14-16-26(21-10-4-3-9-20(21)22)24(29)12-6-5-11-23(28)25-15-13-18-7-1-2-8-19(18)17-25/h18-21H,1-17H2. The van der Waals surface area contributed by atoms with Gasteiger partial charge in [-0.05, 0) is 50.4 Å². The van der Waals surface area contributed by atoms with Gasteiger partial charge in [0.15, 0.2) is 0 Å². The molecule has 0 radical (unpaired) electrons. The smallest absolute Gasteiger partial charge is 0.222 e. The maximum absolute atomic E-state index is 12.8. The van der Waals surface area contributed by atoms with Crippen LogP contribution in [0.1, 0.15) is 89.9 Å². The molecule has 2 amide bonds. The first kappa shape index (κ1) is 20.9. The summed E-state index contributed by atoms with van der Waals surface area (Å²) in [7, 11) is 0. The fraction of sp³-hybridized carbons (Fsp3) is 0.875. The predicted molar refractivity (Wildman–Crippen MR) is 112 cm³/mol. The zero-order valence-corrected chi connectivity index (χ0v) is 17.9. The fourth-order valence-corrected chi connectivity index (χ4v) is 6.43. The van der Waals surface area contributed by atoms with Gasteiger partial charge >= 0.3 is 0 Å². The molecule has 2 saturated carbocycles. The minimum absolute atomic E-state index is 0.0887. The van der Waals surface area contributed by atoms with Crippen molar-refractivity contribution in [2.45, 2.75) is 95.9 Å². The Morgan fingerprint density at radius 2 is 1.48 bits per heavy atom. The van der Waals surface area contributed by atoms with Crippen molar-refractivity contribution >= 4 is 17.6 Å². The number of carbonyl (C=O) groups excluding carboxylic acids is 3. The van der Waals surface area contributed by atoms with Gasteiger partial charge in [-0.25, -0.2) is 0 Å². The van der Waals surface area contributed by atoms with Crippen molar-refractivity contribution in [3.8, 4) is 0 Å². The number of ketones is 1. The van der Waals surface area contributed by atoms with Crippen LogP contribution in [0.3, 0.4) is 0 Å². The summed E-state index contributed by atoms with van der Waals surface area (Å²) in [4.78, 5) is 41.7. The summed E-state index contributed by atoms with van der Waals surface area (Å²) in [5, 5.41) is 0. The molecule has 5 nitrogen and oxygen atoms in total. The molecule has 2 saturated heterocycles. The van der Waals surface area contributed by atoms with Crippen LogP contribution >= 0.6 is 0 Å². The van der Waals surface area contributed by atoms with Crippen LogP contribution < -0.4 is 0 Å². The van der Waals surface area contributed by atoms with Crippen molar-refractivity contribution in [1.82, 2.24) is 9.80 Å². The van der Waals surface area contributed by atoms with Crippen molar-refractivity contribution in [3.63, 3.8) is 0 Å². The molecule has 29 heavy (non-hydrogen) atoms. The van der Waals surface area contributed by atoms with Gasteiger partial charge < -0.3 is 9.80 Å². The van der Waals surface area contributed by atoms with Gasteiger partial charge in [-0.15, -0.1) is 0 Å². The number of hydrogen-bond acceptors (Lipinski definition) is 3. The van der Waals surface area contributed by atoms with E-state index in [2.05, 4.69) is 4.90 Å². The van der Waals surface area contributed by atoms with E-state index in [9.17, 15) is 14.4 Å². The number of amides is 2. The van der Waals surface area contributed by atoms with Crippen LogP contribution in [0.15, 0.2) is 0 Å². The van der Waals surface area contributed by atoms with Crippen LogP contribution in [-0.2, 0) is 14.4 Å². The topological polar surface area (TPSA) is 57.7 Å². The summed E-state index contributed by atoms with van der Waals surface area (Å²) in [6.45, 7) is 2.51. The molecule has 0 aromatic rings. The summed E-state index contributed by atoms with van der Waals surface area (Å²) in [5.74, 6) is 2.53. The molecule has 4 fully saturated rings. The Labute approximate surface area is 175 Å². The van der Waals surface area contributed by atoms with Crippen LogP contribution in [0.2, 0.25) is 0 Å². The molecule has 2 heterocycles. The Balaban J connectivity index is 1.18. The van der Waals surface area contributed by atoms with Gasteiger partial charge in [0.25, 0.3) is 0 Å². The van der Waals surface area contributed by atoms with E-state index in [1.807, 2.05) is 4.90 Å². The maximum Gasteiger partial charge on any atom is 0.222 e. The summed E-state index contributed by atoms with van der Waals surface area (Å²) in [5.41, 5.74) is 0. The summed E-state index contributed by atoms with van der Waals surface area (Å²) in [6, 6.07) is 0.149. The van der Waals surface area contributed by atoms with Crippen molar-refractivity contribution in [3.05, 3.63) is 0 Å². The minimum atomic E-state index is 0.0887. The average molecular weight is 403 g/mol. The van der Waals surface area contributed by atoms with Gasteiger partial charge in [-0.3, -0.25) is 14.4 Å². The fourth-order valence-electron chi connectivity index (χ4n) is 6.43. The lowest BCUT2D eigenvalue weighted by atomic mass is 9.75. The number of hydrogen-bond donors (Lipinski definition) is 0. The van der Waals surface area contributed by atoms with E-state index in [4.69, 9.17) is 0 Å². The first-order valence-electron chi connectivity index (χ1n) is 12.2. The third-order valence-electron chi connectivity index (χ3n) is 8.14. The molecule has 4 aliphatic rings. The molecule has 0 bridgehead atoms. The first-order chi connectivity index (χ1) is 14.1. The number of fused-ring (bicyclic) bond motifs is 2. The quantitative estimate of drug-likeness (QED) is 0.655. The minimum Gasteiger partial charge on any atom is -0.342 e. The zero-order chi connectivity index (χ0) is 20.2. The number of likely N-dealkylation sites (tertiary alicyclic amines) is 2. The molecular weight excluding hydrogens is 364 g/mol. The van der Waals surface area contributed by atoms with Gasteiger partial charge in [-0.1, -0.05) is 32.1 Å². The summed E-state index contributed by atoms with van der Waals surface area (Å²) < 4.78 is 0. The van der Waals surface area contributed by atoms with E-state index in [0.717, 1.165) is 63.5 Å². The monoisotopic (exact) mass is 402 g/mol. The number of nitrogens with zero attached hydrogens (tertiary/aromatic N) is 2. The molecule has 0 spiro atoms. The van der Waals surface area contributed by atoms with Gasteiger partial charge in [-0.2, -0.15) is 0 Å². The van der Waals surface area contributed by atoms with Crippen molar-refractivity contribution in [2.75, 3.05) is 19.6 Å². The second-order valence-corrected chi connectivity index (χ2v) is 9.90. The highest BCUT2D eigenvalue weighted by Gasteiger charge is 2.40. The average Bonchev–Trinajstić information content (AvgIpc) is 2.76. The van der Waals surface area contributed by atoms with Gasteiger partial charge in [0.05, 0.1) is 0 Å². The van der Waals surface area contributed by atoms with Gasteiger partial charge in [0, 0.05) is 50.9 Å². The Bertz CT molecular complexity index is 619. The van der Waals surface area contributed by atoms with E-state index in [0.29, 0.717) is 31.6 Å². The lowest BCUT2D eigenvalue weighted by Gasteiger charge is -2.43. The van der Waals surface area contributed by atoms with E-state index in [-0.39, 0.29) is 23.8 Å². The molecule has 0 aromatic carbocycles. The highest BCUT2D eigenvalue weighted by Crippen LogP contribution is 2.36. The molecule has 2 aliphatic heterocycles. The van der Waals surface area contributed by atoms with Crippen LogP contribution in [0.25, 0.3) is 0 Å². The number of rotatable bonds is 5. The normalized spacial score (nSPS) is 32.5. The summed E-state index contributed by atoms with van der Waals surface area (Å²) >= 11 is 0. The van der Waals surface area contributed by atoms with Crippen molar-refractivity contribution in [2.24, 2.45) is 17.8 Å². The first-order valence-corrected chi connectivity index (χ1v) is 12.2. The van der Waals surface area contributed by atoms with E-state index in [1.165, 1.54) is 32.1 Å². The predicted octanol–water partition coefficient (Wildman–Crippen LogP) is 3.95. The Morgan fingerprint density at radius 1 is 0.793 bits per heavy atom. The lowest BCUT2D eigenvalue weighted by Crippen LogP contribution is -2.53. The summed E-state index contributed by atoms with van der Waals surface area (Å²) in [6.07, 6.45) is 13.9. The van der Waals surface area contributed by atoms with Crippen LogP contribution in [0.5, 0.6) is 0 Å². The Kier molecular flexibility index (Phi) is 6.92. The third kappa shape index (κ3) is 4.86. The molecular formula is C24H38N2O3. The third-order valence-corrected chi connectivity index (χ3v) is 8.14. The molecule has 2 aliphatic carbocycles. The molecule has 0 aromatic heterocycles. The highest BCUT2D eigenvalue weighted by atomic mass is 16.2. The van der Waals surface area contributed by atoms with Crippen LogP contribution in [0.4, 0.5) is 0 Å². The van der Waals surface area contributed by atoms with E-state index in [1.54, 1.807) is 0 Å². The largest absolute Gasteiger partial charge is 0.342 e. The molecule has 5 heteroatoms. The zero-order valence-electron chi connectivity index (χ0n) is 17.9. The SMILES string of the molecule is O=C1CCN(C(=O)CCCCC(=O)N2CCC3CCCCC3C2)C2CCCCC12. The second kappa shape index (κ2) is 9.61. The highest BCUT2D eigenvalue weighted by molar-refractivity contribution is 5.86. The number of carbonyl (C=O) groups is 3. The molecule has 162 valence electrons. The van der Waals surface area contributed by atoms with E-state index >= 15 is 0 Å². The van der Waals surface area contributed by atoms with Gasteiger partial charge in [0.1, 0.15) is 5.78 Å². The van der Waals surface area contributed by atoms with Crippen LogP contribution in [-0.4, -0.2) is 53.1 Å². The Hall–Kier alpha value is -1.39. The number of Topliss-reactive ketones (excluding diaryl/α,β-unsaturated/α-hetero) is 1. The van der Waals surface area contributed by atoms with E-state index < -0.39 is 0 Å². The number of unbranched alkanes of at least 4 members (excludes halogenated alkanes) is 1. The molecule has 4 rings (SSSR count). The van der Waals surface area contributed by atoms with Gasteiger partial charge in [0.2, 0.25) is 11.8 Å². The van der Waals surface area contributed by atoms with Crippen molar-refractivity contribution < 1.29 is 14.4 Å². The van der Waals surface area contributed by atoms with Crippen molar-refractivity contribution in [1.29, 1.82) is 0 Å². The molecule has 0 N–H and O–H groups in total. The Morgan fingerprint density at radius 3 is 2.31 bits per heavy atom. The number of piperidine rings is 2. The molecule has 4 atom stereocenters. The second-order valence-electron chi connectivity index (χ2n) is 9.90. The molecule has 4 unspecified atom stereocenters. The lowest BCUT2D eigenvalue weighted by molar-refractivity contribution is -0.143. The van der Waals surface area contributed by atoms with Crippen LogP contribution in [0, 0.1) is 17.8 Å².